The molecular weight excluding hydrogens is 188 g/mol. The summed E-state index contributed by atoms with van der Waals surface area (Å²) in [6.45, 7) is 5.26. The lowest BCUT2D eigenvalue weighted by molar-refractivity contribution is 0.0204. The Morgan fingerprint density at radius 1 is 1.27 bits per heavy atom. The Morgan fingerprint density at radius 2 is 1.87 bits per heavy atom. The van der Waals surface area contributed by atoms with E-state index in [4.69, 9.17) is 4.74 Å². The predicted octanol–water partition coefficient (Wildman–Crippen LogP) is 2.65. The zero-order valence-corrected chi connectivity index (χ0v) is 9.20. The van der Waals surface area contributed by atoms with Gasteiger partial charge in [0, 0.05) is 0 Å². The van der Waals surface area contributed by atoms with Crippen molar-refractivity contribution in [3.8, 4) is 11.8 Å². The summed E-state index contributed by atoms with van der Waals surface area (Å²) in [5, 5.41) is 0. The van der Waals surface area contributed by atoms with E-state index in [0.717, 1.165) is 0 Å². The van der Waals surface area contributed by atoms with Gasteiger partial charge in [0.2, 0.25) is 0 Å². The fraction of sp³-hybridized carbons (Fsp3) is 0.308. The standard InChI is InChI=1S/C13H14O2/c1-4-10-13(2,3)15-12(14)11-8-6-5-7-9-11/h5-9H,1-3H3. The van der Waals surface area contributed by atoms with E-state index in [2.05, 4.69) is 11.8 Å². The molecular formula is C13H14O2. The Bertz CT molecular complexity index is 394. The molecule has 1 aromatic rings. The van der Waals surface area contributed by atoms with E-state index in [0.29, 0.717) is 5.56 Å². The molecule has 2 nitrogen and oxygen atoms in total. The van der Waals surface area contributed by atoms with Gasteiger partial charge in [0.05, 0.1) is 5.56 Å². The van der Waals surface area contributed by atoms with Crippen molar-refractivity contribution >= 4 is 5.97 Å². The van der Waals surface area contributed by atoms with E-state index in [9.17, 15) is 4.79 Å². The van der Waals surface area contributed by atoms with Crippen molar-refractivity contribution in [1.82, 2.24) is 0 Å². The highest BCUT2D eigenvalue weighted by Gasteiger charge is 2.20. The second-order valence-corrected chi connectivity index (χ2v) is 3.64. The average molecular weight is 202 g/mol. The maximum Gasteiger partial charge on any atom is 0.339 e. The van der Waals surface area contributed by atoms with Gasteiger partial charge in [-0.05, 0) is 32.9 Å². The number of hydrogen-bond donors (Lipinski definition) is 0. The molecule has 15 heavy (non-hydrogen) atoms. The highest BCUT2D eigenvalue weighted by atomic mass is 16.6. The molecule has 1 aromatic carbocycles. The molecule has 2 heteroatoms. The van der Waals surface area contributed by atoms with Crippen LogP contribution >= 0.6 is 0 Å². The van der Waals surface area contributed by atoms with Crippen LogP contribution < -0.4 is 0 Å². The molecule has 0 amide bonds. The lowest BCUT2D eigenvalue weighted by Crippen LogP contribution is -2.26. The summed E-state index contributed by atoms with van der Waals surface area (Å²) in [5.41, 5.74) is -0.190. The summed E-state index contributed by atoms with van der Waals surface area (Å²) >= 11 is 0. The van der Waals surface area contributed by atoms with Crippen LogP contribution in [-0.2, 0) is 4.74 Å². The van der Waals surface area contributed by atoms with Crippen LogP contribution in [0, 0.1) is 11.8 Å². The highest BCUT2D eigenvalue weighted by molar-refractivity contribution is 5.89. The molecule has 0 spiro atoms. The quantitative estimate of drug-likeness (QED) is 0.544. The van der Waals surface area contributed by atoms with Gasteiger partial charge >= 0.3 is 5.97 Å². The molecule has 0 unspecified atom stereocenters. The van der Waals surface area contributed by atoms with Gasteiger partial charge in [-0.25, -0.2) is 4.79 Å². The van der Waals surface area contributed by atoms with Crippen molar-refractivity contribution in [3.05, 3.63) is 35.9 Å². The predicted molar refractivity (Wildman–Crippen MR) is 59.4 cm³/mol. The molecule has 0 heterocycles. The first kappa shape index (κ1) is 11.3. The van der Waals surface area contributed by atoms with Gasteiger partial charge in [-0.15, -0.1) is 5.92 Å². The molecule has 0 saturated carbocycles. The van der Waals surface area contributed by atoms with E-state index in [1.54, 1.807) is 45.0 Å². The van der Waals surface area contributed by atoms with Crippen LogP contribution in [0.2, 0.25) is 0 Å². The summed E-state index contributed by atoms with van der Waals surface area (Å²) in [4.78, 5) is 11.6. The summed E-state index contributed by atoms with van der Waals surface area (Å²) in [6, 6.07) is 8.90. The summed E-state index contributed by atoms with van der Waals surface area (Å²) in [6.07, 6.45) is 0. The van der Waals surface area contributed by atoms with Gasteiger partial charge in [-0.1, -0.05) is 24.1 Å². The van der Waals surface area contributed by atoms with Crippen molar-refractivity contribution in [2.45, 2.75) is 26.4 Å². The molecule has 0 N–H and O–H groups in total. The Labute approximate surface area is 90.3 Å². The molecule has 0 fully saturated rings. The minimum atomic E-state index is -0.734. The van der Waals surface area contributed by atoms with Gasteiger partial charge in [-0.3, -0.25) is 0 Å². The average Bonchev–Trinajstić information content (AvgIpc) is 2.18. The number of carbonyl (C=O) groups is 1. The van der Waals surface area contributed by atoms with Crippen LogP contribution in [0.15, 0.2) is 30.3 Å². The van der Waals surface area contributed by atoms with Gasteiger partial charge in [0.1, 0.15) is 0 Å². The molecule has 0 aliphatic rings. The number of ether oxygens (including phenoxy) is 1. The Balaban J connectivity index is 2.75. The van der Waals surface area contributed by atoms with Crippen LogP contribution in [0.4, 0.5) is 0 Å². The van der Waals surface area contributed by atoms with E-state index >= 15 is 0 Å². The van der Waals surface area contributed by atoms with Gasteiger partial charge in [0.25, 0.3) is 0 Å². The fourth-order valence-electron chi connectivity index (χ4n) is 1.19. The van der Waals surface area contributed by atoms with E-state index in [1.807, 2.05) is 6.07 Å². The summed E-state index contributed by atoms with van der Waals surface area (Å²) < 4.78 is 5.25. The van der Waals surface area contributed by atoms with Crippen LogP contribution in [0.1, 0.15) is 31.1 Å². The van der Waals surface area contributed by atoms with Crippen molar-refractivity contribution in [2.75, 3.05) is 0 Å². The summed E-state index contributed by atoms with van der Waals surface area (Å²) in [7, 11) is 0. The number of hydrogen-bond acceptors (Lipinski definition) is 2. The minimum Gasteiger partial charge on any atom is -0.443 e. The Hall–Kier alpha value is -1.75. The van der Waals surface area contributed by atoms with Gasteiger partial charge in [0.15, 0.2) is 5.60 Å². The minimum absolute atomic E-state index is 0.344. The van der Waals surface area contributed by atoms with Crippen LogP contribution in [-0.4, -0.2) is 11.6 Å². The zero-order chi connectivity index (χ0) is 11.3. The number of benzene rings is 1. The van der Waals surface area contributed by atoms with Crippen LogP contribution in [0.5, 0.6) is 0 Å². The molecule has 0 saturated heterocycles. The maximum absolute atomic E-state index is 11.6. The molecule has 0 aliphatic carbocycles. The number of carbonyl (C=O) groups excluding carboxylic acids is 1. The normalized spacial score (nSPS) is 10.1. The molecule has 0 aromatic heterocycles. The van der Waals surface area contributed by atoms with Crippen molar-refractivity contribution in [3.63, 3.8) is 0 Å². The molecule has 0 aliphatic heterocycles. The lowest BCUT2D eigenvalue weighted by Gasteiger charge is -2.18. The van der Waals surface area contributed by atoms with Crippen LogP contribution in [0.25, 0.3) is 0 Å². The van der Waals surface area contributed by atoms with Gasteiger partial charge < -0.3 is 4.74 Å². The van der Waals surface area contributed by atoms with Crippen molar-refractivity contribution in [2.24, 2.45) is 0 Å². The first-order valence-electron chi connectivity index (χ1n) is 4.77. The van der Waals surface area contributed by atoms with Crippen molar-refractivity contribution in [1.29, 1.82) is 0 Å². The van der Waals surface area contributed by atoms with E-state index in [1.165, 1.54) is 0 Å². The molecule has 0 radical (unpaired) electrons. The zero-order valence-electron chi connectivity index (χ0n) is 9.20. The van der Waals surface area contributed by atoms with Gasteiger partial charge in [-0.2, -0.15) is 0 Å². The second kappa shape index (κ2) is 4.65. The second-order valence-electron chi connectivity index (χ2n) is 3.64. The number of esters is 1. The first-order chi connectivity index (χ1) is 7.05. The Morgan fingerprint density at radius 3 is 2.40 bits per heavy atom. The van der Waals surface area contributed by atoms with Crippen molar-refractivity contribution < 1.29 is 9.53 Å². The SMILES string of the molecule is CC#CC(C)(C)OC(=O)c1ccccc1. The third-order valence-electron chi connectivity index (χ3n) is 1.78. The molecule has 0 bridgehead atoms. The topological polar surface area (TPSA) is 26.3 Å². The monoisotopic (exact) mass is 202 g/mol. The first-order valence-corrected chi connectivity index (χ1v) is 4.77. The van der Waals surface area contributed by atoms with E-state index < -0.39 is 5.60 Å². The molecule has 1 rings (SSSR count). The molecule has 78 valence electrons. The lowest BCUT2D eigenvalue weighted by atomic mass is 10.1. The molecule has 0 atom stereocenters. The third-order valence-corrected chi connectivity index (χ3v) is 1.78. The maximum atomic E-state index is 11.6. The van der Waals surface area contributed by atoms with E-state index in [-0.39, 0.29) is 5.97 Å². The largest absolute Gasteiger partial charge is 0.443 e. The smallest absolute Gasteiger partial charge is 0.339 e. The Kier molecular flexibility index (Phi) is 3.51. The number of rotatable bonds is 2. The summed E-state index contributed by atoms with van der Waals surface area (Å²) in [5.74, 6) is 5.22. The highest BCUT2D eigenvalue weighted by Crippen LogP contribution is 2.11. The fourth-order valence-corrected chi connectivity index (χ4v) is 1.19. The third kappa shape index (κ3) is 3.47. The van der Waals surface area contributed by atoms with Crippen LogP contribution in [0.3, 0.4) is 0 Å².